The second-order valence-electron chi connectivity index (χ2n) is 7.24. The van der Waals surface area contributed by atoms with E-state index in [-0.39, 0.29) is 24.8 Å². The van der Waals surface area contributed by atoms with Crippen molar-refractivity contribution in [2.24, 2.45) is 0 Å². The Morgan fingerprint density at radius 1 is 0.967 bits per heavy atom. The number of fused-ring (bicyclic) bond motifs is 1. The predicted molar refractivity (Wildman–Crippen MR) is 110 cm³/mol. The summed E-state index contributed by atoms with van der Waals surface area (Å²) in [7, 11) is 0. The molecule has 1 aliphatic rings. The number of carbonyl (C=O) groups excluding carboxylic acids is 2. The number of hydrogen-bond donors (Lipinski definition) is 1. The van der Waals surface area contributed by atoms with Gasteiger partial charge in [0, 0.05) is 17.7 Å². The summed E-state index contributed by atoms with van der Waals surface area (Å²) in [4.78, 5) is 27.1. The molecule has 152 valence electrons. The molecule has 1 atom stereocenters. The molecule has 3 aromatic rings. The van der Waals surface area contributed by atoms with Gasteiger partial charge in [-0.15, -0.1) is 0 Å². The van der Waals surface area contributed by atoms with E-state index in [1.165, 1.54) is 35.2 Å². The van der Waals surface area contributed by atoms with Gasteiger partial charge in [-0.05, 0) is 47.9 Å². The van der Waals surface area contributed by atoms with Gasteiger partial charge >= 0.3 is 0 Å². The Balaban J connectivity index is 1.72. The lowest BCUT2D eigenvalue weighted by Crippen LogP contribution is -2.39. The van der Waals surface area contributed by atoms with Gasteiger partial charge < -0.3 is 10.2 Å². The van der Waals surface area contributed by atoms with Gasteiger partial charge in [-0.2, -0.15) is 0 Å². The number of aryl methyl sites for hydroxylation is 1. The van der Waals surface area contributed by atoms with E-state index in [0.29, 0.717) is 23.2 Å². The molecule has 0 aromatic heterocycles. The van der Waals surface area contributed by atoms with Crippen molar-refractivity contribution in [3.8, 4) is 0 Å². The monoisotopic (exact) mass is 406 g/mol. The van der Waals surface area contributed by atoms with Gasteiger partial charge in [-0.3, -0.25) is 9.59 Å². The Morgan fingerprint density at radius 3 is 2.40 bits per heavy atom. The van der Waals surface area contributed by atoms with Crippen LogP contribution in [0.5, 0.6) is 0 Å². The first-order chi connectivity index (χ1) is 14.5. The quantitative estimate of drug-likeness (QED) is 0.695. The van der Waals surface area contributed by atoms with E-state index in [4.69, 9.17) is 0 Å². The number of benzene rings is 3. The standard InChI is InChI=1S/C24H20F2N2O2/c25-18-9-7-17(8-10-18)24-20-14-19(26)11-12-21(20)27-22(29)15-28(24)23(30)13-6-16-4-2-1-3-5-16/h1-5,7-12,14,24H,6,13,15H2,(H,27,29)/t24-/m0/s1. The summed E-state index contributed by atoms with van der Waals surface area (Å²) in [6.07, 6.45) is 0.712. The van der Waals surface area contributed by atoms with Crippen LogP contribution in [0.4, 0.5) is 14.5 Å². The van der Waals surface area contributed by atoms with Gasteiger partial charge in [0.15, 0.2) is 0 Å². The molecule has 1 aliphatic heterocycles. The molecule has 30 heavy (non-hydrogen) atoms. The highest BCUT2D eigenvalue weighted by Crippen LogP contribution is 2.36. The van der Waals surface area contributed by atoms with Crippen LogP contribution >= 0.6 is 0 Å². The highest BCUT2D eigenvalue weighted by atomic mass is 19.1. The molecular weight excluding hydrogens is 386 g/mol. The van der Waals surface area contributed by atoms with Crippen LogP contribution in [0.3, 0.4) is 0 Å². The maximum atomic E-state index is 14.1. The Kier molecular flexibility index (Phi) is 5.57. The molecule has 4 rings (SSSR count). The van der Waals surface area contributed by atoms with Crippen molar-refractivity contribution < 1.29 is 18.4 Å². The van der Waals surface area contributed by atoms with Crippen molar-refractivity contribution in [3.63, 3.8) is 0 Å². The fourth-order valence-corrected chi connectivity index (χ4v) is 3.75. The number of nitrogens with one attached hydrogen (secondary N) is 1. The molecule has 1 N–H and O–H groups in total. The van der Waals surface area contributed by atoms with Crippen molar-refractivity contribution in [1.29, 1.82) is 0 Å². The molecule has 0 saturated carbocycles. The Morgan fingerprint density at radius 2 is 1.67 bits per heavy atom. The highest BCUT2D eigenvalue weighted by Gasteiger charge is 2.33. The molecule has 0 bridgehead atoms. The zero-order chi connectivity index (χ0) is 21.1. The first-order valence-corrected chi connectivity index (χ1v) is 9.69. The van der Waals surface area contributed by atoms with Crippen molar-refractivity contribution in [1.82, 2.24) is 4.90 Å². The lowest BCUT2D eigenvalue weighted by atomic mass is 9.95. The van der Waals surface area contributed by atoms with Gasteiger partial charge in [0.05, 0.1) is 6.04 Å². The maximum absolute atomic E-state index is 14.1. The second kappa shape index (κ2) is 8.45. The number of carbonyl (C=O) groups is 2. The third-order valence-corrected chi connectivity index (χ3v) is 5.18. The minimum atomic E-state index is -0.710. The van der Waals surface area contributed by atoms with Crippen LogP contribution < -0.4 is 5.32 Å². The average molecular weight is 406 g/mol. The summed E-state index contributed by atoms with van der Waals surface area (Å²) in [5, 5.41) is 2.75. The van der Waals surface area contributed by atoms with E-state index in [1.54, 1.807) is 12.1 Å². The van der Waals surface area contributed by atoms with Crippen molar-refractivity contribution in [3.05, 3.63) is 101 Å². The Labute approximate surface area is 173 Å². The van der Waals surface area contributed by atoms with Crippen LogP contribution in [-0.2, 0) is 16.0 Å². The predicted octanol–water partition coefficient (Wildman–Crippen LogP) is 4.47. The highest BCUT2D eigenvalue weighted by molar-refractivity contribution is 5.97. The fraction of sp³-hybridized carbons (Fsp3) is 0.167. The Bertz CT molecular complexity index is 1070. The van der Waals surface area contributed by atoms with Crippen LogP contribution in [0.15, 0.2) is 72.8 Å². The van der Waals surface area contributed by atoms with Crippen LogP contribution in [0, 0.1) is 11.6 Å². The lowest BCUT2D eigenvalue weighted by molar-refractivity contribution is -0.136. The van der Waals surface area contributed by atoms with Gasteiger partial charge in [0.2, 0.25) is 11.8 Å². The molecule has 0 spiro atoms. The van der Waals surface area contributed by atoms with Gasteiger partial charge in [-0.1, -0.05) is 42.5 Å². The van der Waals surface area contributed by atoms with Gasteiger partial charge in [0.1, 0.15) is 18.2 Å². The number of halogens is 2. The van der Waals surface area contributed by atoms with E-state index < -0.39 is 17.7 Å². The molecule has 2 amide bonds. The molecule has 0 radical (unpaired) electrons. The maximum Gasteiger partial charge on any atom is 0.244 e. The normalized spacial score (nSPS) is 15.9. The van der Waals surface area contributed by atoms with Crippen LogP contribution in [0.2, 0.25) is 0 Å². The first-order valence-electron chi connectivity index (χ1n) is 9.69. The molecule has 1 heterocycles. The molecule has 6 heteroatoms. The summed E-state index contributed by atoms with van der Waals surface area (Å²) in [5.74, 6) is -1.49. The number of rotatable bonds is 4. The van der Waals surface area contributed by atoms with E-state index in [0.717, 1.165) is 5.56 Å². The lowest BCUT2D eigenvalue weighted by Gasteiger charge is -2.30. The summed E-state index contributed by atoms with van der Waals surface area (Å²) in [5.41, 5.74) is 2.51. The largest absolute Gasteiger partial charge is 0.324 e. The molecule has 0 unspecified atom stereocenters. The third kappa shape index (κ3) is 4.22. The van der Waals surface area contributed by atoms with Gasteiger partial charge in [0.25, 0.3) is 0 Å². The van der Waals surface area contributed by atoms with Crippen molar-refractivity contribution in [2.75, 3.05) is 11.9 Å². The zero-order valence-corrected chi connectivity index (χ0v) is 16.1. The average Bonchev–Trinajstić information content (AvgIpc) is 2.89. The van der Waals surface area contributed by atoms with Crippen molar-refractivity contribution >= 4 is 17.5 Å². The number of nitrogens with zero attached hydrogens (tertiary/aromatic N) is 1. The van der Waals surface area contributed by atoms with Gasteiger partial charge in [-0.25, -0.2) is 8.78 Å². The second-order valence-corrected chi connectivity index (χ2v) is 7.24. The summed E-state index contributed by atoms with van der Waals surface area (Å²) >= 11 is 0. The van der Waals surface area contributed by atoms with Crippen LogP contribution in [0.1, 0.15) is 29.2 Å². The first kappa shape index (κ1) is 19.8. The molecule has 3 aromatic carbocycles. The molecule has 0 aliphatic carbocycles. The number of anilines is 1. The SMILES string of the molecule is O=C1CN(C(=O)CCc2ccccc2)[C@@H](c2ccc(F)cc2)c2cc(F)ccc2N1. The molecular formula is C24H20F2N2O2. The molecule has 0 saturated heterocycles. The number of hydrogen-bond acceptors (Lipinski definition) is 2. The summed E-state index contributed by atoms with van der Waals surface area (Å²) < 4.78 is 27.6. The Hall–Kier alpha value is -3.54. The molecule has 4 nitrogen and oxygen atoms in total. The van der Waals surface area contributed by atoms with E-state index in [1.807, 2.05) is 30.3 Å². The zero-order valence-electron chi connectivity index (χ0n) is 16.1. The van der Waals surface area contributed by atoms with E-state index in [9.17, 15) is 18.4 Å². The topological polar surface area (TPSA) is 49.4 Å². The number of amides is 2. The third-order valence-electron chi connectivity index (χ3n) is 5.18. The van der Waals surface area contributed by atoms with Crippen molar-refractivity contribution in [2.45, 2.75) is 18.9 Å². The van der Waals surface area contributed by atoms with E-state index in [2.05, 4.69) is 5.32 Å². The van der Waals surface area contributed by atoms with E-state index >= 15 is 0 Å². The molecule has 0 fully saturated rings. The minimum absolute atomic E-state index is 0.175. The van der Waals surface area contributed by atoms with Crippen LogP contribution in [0.25, 0.3) is 0 Å². The summed E-state index contributed by atoms with van der Waals surface area (Å²) in [6.45, 7) is -0.175. The minimum Gasteiger partial charge on any atom is -0.324 e. The van der Waals surface area contributed by atoms with Crippen LogP contribution in [-0.4, -0.2) is 23.3 Å². The summed E-state index contributed by atoms with van der Waals surface area (Å²) in [6, 6.07) is 18.6. The fourth-order valence-electron chi connectivity index (χ4n) is 3.75. The smallest absolute Gasteiger partial charge is 0.244 e.